The van der Waals surface area contributed by atoms with E-state index in [0.717, 1.165) is 27.8 Å². The number of hydrogen-bond donors (Lipinski definition) is 3. The van der Waals surface area contributed by atoms with Crippen molar-refractivity contribution in [2.24, 2.45) is 0 Å². The monoisotopic (exact) mass is 366 g/mol. The van der Waals surface area contributed by atoms with Crippen LogP contribution in [0.2, 0.25) is 0 Å². The number of aliphatic hydroxyl groups excluding tert-OH is 1. The molecule has 0 saturated carbocycles. The van der Waals surface area contributed by atoms with Gasteiger partial charge in [-0.15, -0.1) is 0 Å². The Bertz CT molecular complexity index is 1080. The summed E-state index contributed by atoms with van der Waals surface area (Å²) in [6.07, 6.45) is 6.41. The number of ether oxygens (including phenoxy) is 1. The molecule has 0 aromatic carbocycles. The topological polar surface area (TPSA) is 100 Å². The summed E-state index contributed by atoms with van der Waals surface area (Å²) >= 11 is 0. The molecule has 27 heavy (non-hydrogen) atoms. The van der Waals surface area contributed by atoms with Crippen molar-refractivity contribution in [2.45, 2.75) is 32.8 Å². The van der Waals surface area contributed by atoms with Crippen LogP contribution in [0.3, 0.4) is 0 Å². The number of rotatable bonds is 6. The first-order valence-electron chi connectivity index (χ1n) is 8.90. The van der Waals surface area contributed by atoms with Crippen LogP contribution in [0.5, 0.6) is 5.75 Å². The third-order valence-electron chi connectivity index (χ3n) is 4.30. The van der Waals surface area contributed by atoms with Gasteiger partial charge >= 0.3 is 0 Å². The Balaban J connectivity index is 1.77. The Labute approximate surface area is 156 Å². The lowest BCUT2D eigenvalue weighted by atomic mass is 10.0. The van der Waals surface area contributed by atoms with Gasteiger partial charge in [-0.05, 0) is 25.0 Å². The van der Waals surface area contributed by atoms with Gasteiger partial charge in [0.2, 0.25) is 0 Å². The van der Waals surface area contributed by atoms with E-state index < -0.39 is 6.10 Å². The number of hydrogen-bond acceptors (Lipinski definition) is 6. The van der Waals surface area contributed by atoms with E-state index in [4.69, 9.17) is 4.74 Å². The second-order valence-electron chi connectivity index (χ2n) is 6.89. The third kappa shape index (κ3) is 3.31. The molecule has 0 aliphatic rings. The number of aliphatic hydroxyl groups is 1. The highest BCUT2D eigenvalue weighted by molar-refractivity contribution is 5.83. The van der Waals surface area contributed by atoms with E-state index in [1.807, 2.05) is 24.5 Å². The molecule has 0 amide bonds. The van der Waals surface area contributed by atoms with Crippen LogP contribution in [-0.2, 0) is 0 Å². The fraction of sp³-hybridized carbons (Fsp3) is 0.316. The van der Waals surface area contributed by atoms with Crippen LogP contribution >= 0.6 is 0 Å². The van der Waals surface area contributed by atoms with Gasteiger partial charge in [-0.3, -0.25) is 0 Å². The largest absolute Gasteiger partial charge is 0.489 e. The van der Waals surface area contributed by atoms with Crippen molar-refractivity contribution in [3.05, 3.63) is 42.6 Å². The van der Waals surface area contributed by atoms with Crippen molar-refractivity contribution in [1.29, 1.82) is 0 Å². The fourth-order valence-electron chi connectivity index (χ4n) is 3.13. The number of aromatic amines is 1. The number of aromatic nitrogens is 5. The molecule has 4 heterocycles. The lowest BCUT2D eigenvalue weighted by molar-refractivity contribution is 0.122. The van der Waals surface area contributed by atoms with E-state index in [0.29, 0.717) is 11.6 Å². The van der Waals surface area contributed by atoms with Crippen LogP contribution in [0, 0.1) is 0 Å². The van der Waals surface area contributed by atoms with Crippen molar-refractivity contribution in [2.75, 3.05) is 11.9 Å². The summed E-state index contributed by atoms with van der Waals surface area (Å²) in [5, 5.41) is 18.2. The summed E-state index contributed by atoms with van der Waals surface area (Å²) in [4.78, 5) is 11.9. The Morgan fingerprint density at radius 1 is 1.30 bits per heavy atom. The summed E-state index contributed by atoms with van der Waals surface area (Å²) in [6.45, 7) is 6.10. The zero-order chi connectivity index (χ0) is 19.0. The molecule has 3 N–H and O–H groups in total. The van der Waals surface area contributed by atoms with E-state index in [2.05, 4.69) is 39.2 Å². The Morgan fingerprint density at radius 2 is 2.15 bits per heavy atom. The Morgan fingerprint density at radius 3 is 2.93 bits per heavy atom. The van der Waals surface area contributed by atoms with E-state index in [-0.39, 0.29) is 12.5 Å². The number of nitrogens with one attached hydrogen (secondary N) is 2. The molecule has 8 heteroatoms. The predicted octanol–water partition coefficient (Wildman–Crippen LogP) is 3.23. The van der Waals surface area contributed by atoms with Gasteiger partial charge in [-0.1, -0.05) is 13.8 Å². The zero-order valence-corrected chi connectivity index (χ0v) is 15.5. The first-order valence-corrected chi connectivity index (χ1v) is 8.90. The minimum Gasteiger partial charge on any atom is -0.489 e. The van der Waals surface area contributed by atoms with Crippen molar-refractivity contribution in [1.82, 2.24) is 24.6 Å². The van der Waals surface area contributed by atoms with Gasteiger partial charge in [-0.2, -0.15) is 5.10 Å². The maximum Gasteiger partial charge on any atom is 0.158 e. The lowest BCUT2D eigenvalue weighted by Crippen LogP contribution is -2.13. The average molecular weight is 366 g/mol. The van der Waals surface area contributed by atoms with E-state index in [1.54, 1.807) is 17.6 Å². The summed E-state index contributed by atoms with van der Waals surface area (Å²) in [5.41, 5.74) is 3.52. The van der Waals surface area contributed by atoms with Gasteiger partial charge in [0.15, 0.2) is 5.82 Å². The highest BCUT2D eigenvalue weighted by Crippen LogP contribution is 2.36. The number of pyridine rings is 1. The molecular formula is C19H22N6O2. The first-order chi connectivity index (χ1) is 13.0. The first kappa shape index (κ1) is 17.3. The molecular weight excluding hydrogens is 344 g/mol. The SMILES string of the molecule is CC(C)c1c(OC[C@@H](C)O)cn2ncnc(Nc3cnc4[nH]ccc4c3)c12. The molecule has 0 spiro atoms. The summed E-state index contributed by atoms with van der Waals surface area (Å²) < 4.78 is 7.57. The molecule has 0 saturated heterocycles. The number of anilines is 2. The maximum atomic E-state index is 9.55. The van der Waals surface area contributed by atoms with Gasteiger partial charge < -0.3 is 20.1 Å². The fourth-order valence-corrected chi connectivity index (χ4v) is 3.13. The molecule has 0 fully saturated rings. The lowest BCUT2D eigenvalue weighted by Gasteiger charge is -2.13. The van der Waals surface area contributed by atoms with Crippen molar-refractivity contribution < 1.29 is 9.84 Å². The van der Waals surface area contributed by atoms with Crippen LogP contribution in [-0.4, -0.2) is 42.4 Å². The normalized spacial score (nSPS) is 12.8. The van der Waals surface area contributed by atoms with E-state index >= 15 is 0 Å². The number of nitrogens with zero attached hydrogens (tertiary/aromatic N) is 4. The van der Waals surface area contributed by atoms with Crippen LogP contribution in [0.4, 0.5) is 11.5 Å². The van der Waals surface area contributed by atoms with Crippen molar-refractivity contribution >= 4 is 28.1 Å². The van der Waals surface area contributed by atoms with Crippen LogP contribution in [0.25, 0.3) is 16.6 Å². The van der Waals surface area contributed by atoms with Crippen LogP contribution < -0.4 is 10.1 Å². The van der Waals surface area contributed by atoms with Gasteiger partial charge in [0, 0.05) is 17.1 Å². The number of fused-ring (bicyclic) bond motifs is 2. The minimum absolute atomic E-state index is 0.191. The highest BCUT2D eigenvalue weighted by atomic mass is 16.5. The zero-order valence-electron chi connectivity index (χ0n) is 15.5. The molecule has 0 aliphatic carbocycles. The molecule has 1 atom stereocenters. The molecule has 0 radical (unpaired) electrons. The highest BCUT2D eigenvalue weighted by Gasteiger charge is 2.20. The molecule has 8 nitrogen and oxygen atoms in total. The average Bonchev–Trinajstić information content (AvgIpc) is 3.23. The van der Waals surface area contributed by atoms with Gasteiger partial charge in [0.1, 0.15) is 29.8 Å². The standard InChI is InChI=1S/C19H22N6O2/c1-11(2)16-15(27-9-12(3)26)8-25-17(16)19(22-10-23-25)24-14-6-13-4-5-20-18(13)21-7-14/h4-8,10-12,26H,9H2,1-3H3,(H,20,21)(H,22,23,24)/t12-/m1/s1. The number of H-pyrrole nitrogens is 1. The summed E-state index contributed by atoms with van der Waals surface area (Å²) in [7, 11) is 0. The minimum atomic E-state index is -0.546. The van der Waals surface area contributed by atoms with Crippen molar-refractivity contribution in [3.8, 4) is 5.75 Å². The van der Waals surface area contributed by atoms with Crippen molar-refractivity contribution in [3.63, 3.8) is 0 Å². The maximum absolute atomic E-state index is 9.55. The molecule has 140 valence electrons. The van der Waals surface area contributed by atoms with Gasteiger partial charge in [-0.25, -0.2) is 14.5 Å². The molecule has 0 bridgehead atoms. The van der Waals surface area contributed by atoms with Gasteiger partial charge in [0.25, 0.3) is 0 Å². The van der Waals surface area contributed by atoms with Gasteiger partial charge in [0.05, 0.1) is 24.2 Å². The van der Waals surface area contributed by atoms with Crippen LogP contribution in [0.1, 0.15) is 32.3 Å². The van der Waals surface area contributed by atoms with E-state index in [9.17, 15) is 5.11 Å². The molecule has 4 rings (SSSR count). The van der Waals surface area contributed by atoms with E-state index in [1.165, 1.54) is 6.33 Å². The summed E-state index contributed by atoms with van der Waals surface area (Å²) in [5.74, 6) is 1.57. The smallest absolute Gasteiger partial charge is 0.158 e. The molecule has 4 aromatic heterocycles. The Hall–Kier alpha value is -3.13. The molecule has 0 unspecified atom stereocenters. The Kier molecular flexibility index (Phi) is 4.41. The molecule has 4 aromatic rings. The predicted molar refractivity (Wildman–Crippen MR) is 104 cm³/mol. The molecule has 0 aliphatic heterocycles. The second kappa shape index (κ2) is 6.88. The summed E-state index contributed by atoms with van der Waals surface area (Å²) in [6, 6.07) is 3.99. The second-order valence-corrected chi connectivity index (χ2v) is 6.89. The quantitative estimate of drug-likeness (QED) is 0.484. The van der Waals surface area contributed by atoms with Crippen LogP contribution in [0.15, 0.2) is 37.1 Å². The third-order valence-corrected chi connectivity index (χ3v) is 4.30.